The molecule has 2 aliphatic rings. The first-order valence-electron chi connectivity index (χ1n) is 9.94. The Labute approximate surface area is 165 Å². The summed E-state index contributed by atoms with van der Waals surface area (Å²) < 4.78 is 17.5. The monoisotopic (exact) mass is 384 g/mol. The Balaban J connectivity index is 1.30. The molecule has 7 heteroatoms. The van der Waals surface area contributed by atoms with Gasteiger partial charge in [-0.15, -0.1) is 0 Å². The van der Waals surface area contributed by atoms with Crippen LogP contribution in [0.5, 0.6) is 11.5 Å². The van der Waals surface area contributed by atoms with Crippen molar-refractivity contribution in [3.8, 4) is 11.5 Å². The maximum absolute atomic E-state index is 6.00. The van der Waals surface area contributed by atoms with Crippen molar-refractivity contribution >= 4 is 5.96 Å². The molecule has 0 amide bonds. The lowest BCUT2D eigenvalue weighted by molar-refractivity contribution is 0.0935. The van der Waals surface area contributed by atoms with Crippen LogP contribution in [0.4, 0.5) is 0 Å². The van der Waals surface area contributed by atoms with Crippen LogP contribution >= 0.6 is 0 Å². The smallest absolute Gasteiger partial charge is 0.191 e. The molecule has 1 saturated heterocycles. The number of likely N-dealkylation sites (tertiary alicyclic amines) is 1. The van der Waals surface area contributed by atoms with Crippen LogP contribution in [0.15, 0.2) is 52.1 Å². The van der Waals surface area contributed by atoms with E-state index in [1.165, 1.54) is 12.8 Å². The molecule has 1 fully saturated rings. The molecule has 0 aliphatic carbocycles. The number of nitrogens with one attached hydrogen (secondary N) is 2. The van der Waals surface area contributed by atoms with Crippen molar-refractivity contribution in [1.82, 2.24) is 15.5 Å². The summed E-state index contributed by atoms with van der Waals surface area (Å²) in [5.74, 6) is 3.33. The fourth-order valence-electron chi connectivity index (χ4n) is 3.73. The van der Waals surface area contributed by atoms with Gasteiger partial charge in [-0.05, 0) is 50.2 Å². The van der Waals surface area contributed by atoms with Crippen LogP contribution in [0.1, 0.15) is 24.6 Å². The molecular formula is C21H28N4O3. The van der Waals surface area contributed by atoms with Crippen LogP contribution in [0.25, 0.3) is 0 Å². The number of nitrogens with zero attached hydrogens (tertiary/aromatic N) is 2. The van der Waals surface area contributed by atoms with Crippen LogP contribution in [-0.4, -0.2) is 56.8 Å². The Hall–Kier alpha value is -2.67. The summed E-state index contributed by atoms with van der Waals surface area (Å²) in [5.41, 5.74) is 0. The highest BCUT2D eigenvalue weighted by molar-refractivity contribution is 5.79. The number of para-hydroxylation sites is 2. The minimum absolute atomic E-state index is 0.0621. The Morgan fingerprint density at radius 2 is 1.96 bits per heavy atom. The largest absolute Gasteiger partial charge is 0.486 e. The van der Waals surface area contributed by atoms with Crippen molar-refractivity contribution < 1.29 is 13.9 Å². The number of aliphatic imine (C=N–C) groups is 1. The van der Waals surface area contributed by atoms with E-state index in [1.54, 1.807) is 13.3 Å². The molecule has 0 spiro atoms. The van der Waals surface area contributed by atoms with Crippen molar-refractivity contribution in [3.05, 3.63) is 48.4 Å². The van der Waals surface area contributed by atoms with Gasteiger partial charge in [0.15, 0.2) is 17.5 Å². The van der Waals surface area contributed by atoms with E-state index in [9.17, 15) is 0 Å². The van der Waals surface area contributed by atoms with Gasteiger partial charge < -0.3 is 24.5 Å². The average molecular weight is 384 g/mol. The van der Waals surface area contributed by atoms with Gasteiger partial charge in [0.05, 0.1) is 18.8 Å². The molecule has 2 aliphatic heterocycles. The highest BCUT2D eigenvalue weighted by atomic mass is 16.6. The van der Waals surface area contributed by atoms with E-state index in [4.69, 9.17) is 13.9 Å². The van der Waals surface area contributed by atoms with Crippen molar-refractivity contribution in [1.29, 1.82) is 0 Å². The quantitative estimate of drug-likeness (QED) is 0.589. The summed E-state index contributed by atoms with van der Waals surface area (Å²) in [7, 11) is 1.78. The topological polar surface area (TPSA) is 71.3 Å². The molecule has 4 rings (SSSR count). The number of furan rings is 1. The molecule has 28 heavy (non-hydrogen) atoms. The molecular weight excluding hydrogens is 356 g/mol. The molecule has 2 unspecified atom stereocenters. The molecule has 1 aromatic carbocycles. The van der Waals surface area contributed by atoms with Gasteiger partial charge >= 0.3 is 0 Å². The number of hydrogen-bond donors (Lipinski definition) is 2. The van der Waals surface area contributed by atoms with E-state index in [0.717, 1.165) is 42.9 Å². The normalized spacial score (nSPS) is 20.8. The van der Waals surface area contributed by atoms with Gasteiger partial charge in [-0.25, -0.2) is 0 Å². The summed E-state index contributed by atoms with van der Waals surface area (Å²) in [6.45, 7) is 4.07. The maximum atomic E-state index is 6.00. The Morgan fingerprint density at radius 3 is 2.71 bits per heavy atom. The summed E-state index contributed by atoms with van der Waals surface area (Å²) in [5, 5.41) is 6.78. The Bertz CT molecular complexity index is 772. The van der Waals surface area contributed by atoms with Crippen molar-refractivity contribution in [2.75, 3.05) is 39.8 Å². The van der Waals surface area contributed by atoms with E-state index in [1.807, 2.05) is 36.4 Å². The molecule has 150 valence electrons. The number of hydrogen-bond acceptors (Lipinski definition) is 5. The summed E-state index contributed by atoms with van der Waals surface area (Å²) in [6.07, 6.45) is 4.16. The first-order chi connectivity index (χ1) is 13.8. The van der Waals surface area contributed by atoms with Gasteiger partial charge in [0.2, 0.25) is 0 Å². The van der Waals surface area contributed by atoms with Crippen LogP contribution in [0.2, 0.25) is 0 Å². The molecule has 0 radical (unpaired) electrons. The summed E-state index contributed by atoms with van der Waals surface area (Å²) >= 11 is 0. The predicted octanol–water partition coefficient (Wildman–Crippen LogP) is 2.42. The van der Waals surface area contributed by atoms with E-state index in [2.05, 4.69) is 20.5 Å². The predicted molar refractivity (Wildman–Crippen MR) is 108 cm³/mol. The van der Waals surface area contributed by atoms with Gasteiger partial charge in [0.25, 0.3) is 0 Å². The first kappa shape index (κ1) is 18.7. The highest BCUT2D eigenvalue weighted by Crippen LogP contribution is 2.30. The number of ether oxygens (including phenoxy) is 2. The third kappa shape index (κ3) is 4.42. The molecule has 0 saturated carbocycles. The van der Waals surface area contributed by atoms with Crippen molar-refractivity contribution in [2.24, 2.45) is 4.99 Å². The van der Waals surface area contributed by atoms with Gasteiger partial charge in [0, 0.05) is 13.6 Å². The Morgan fingerprint density at radius 1 is 1.14 bits per heavy atom. The zero-order valence-corrected chi connectivity index (χ0v) is 16.3. The van der Waals surface area contributed by atoms with Gasteiger partial charge in [-0.3, -0.25) is 9.89 Å². The van der Waals surface area contributed by atoms with Gasteiger partial charge in [0.1, 0.15) is 18.5 Å². The minimum Gasteiger partial charge on any atom is -0.486 e. The third-order valence-corrected chi connectivity index (χ3v) is 5.20. The zero-order chi connectivity index (χ0) is 19.2. The van der Waals surface area contributed by atoms with Gasteiger partial charge in [-0.2, -0.15) is 0 Å². The number of guanidine groups is 1. The first-order valence-corrected chi connectivity index (χ1v) is 9.94. The van der Waals surface area contributed by atoms with Crippen LogP contribution < -0.4 is 20.1 Å². The average Bonchev–Trinajstić information content (AvgIpc) is 3.45. The van der Waals surface area contributed by atoms with E-state index >= 15 is 0 Å². The SMILES string of the molecule is CN=C(NCC1COc2ccccc2O1)NCC(c1ccco1)N1CCCC1. The number of benzene rings is 1. The molecule has 2 atom stereocenters. The zero-order valence-electron chi connectivity index (χ0n) is 16.3. The van der Waals surface area contributed by atoms with Crippen molar-refractivity contribution in [3.63, 3.8) is 0 Å². The fraction of sp³-hybridized carbons (Fsp3) is 0.476. The van der Waals surface area contributed by atoms with Crippen molar-refractivity contribution in [2.45, 2.75) is 25.0 Å². The molecule has 0 bridgehead atoms. The third-order valence-electron chi connectivity index (χ3n) is 5.20. The molecule has 7 nitrogen and oxygen atoms in total. The van der Waals surface area contributed by atoms with E-state index < -0.39 is 0 Å². The number of rotatable bonds is 6. The fourth-order valence-corrected chi connectivity index (χ4v) is 3.73. The second-order valence-corrected chi connectivity index (χ2v) is 7.11. The van der Waals surface area contributed by atoms with Gasteiger partial charge in [-0.1, -0.05) is 12.1 Å². The van der Waals surface area contributed by atoms with E-state index in [0.29, 0.717) is 13.2 Å². The van der Waals surface area contributed by atoms with Crippen LogP contribution in [0.3, 0.4) is 0 Å². The lowest BCUT2D eigenvalue weighted by Gasteiger charge is -2.28. The second kappa shape index (κ2) is 9.01. The number of fused-ring (bicyclic) bond motifs is 1. The molecule has 2 N–H and O–H groups in total. The summed E-state index contributed by atoms with van der Waals surface area (Å²) in [6, 6.07) is 12.0. The molecule has 1 aromatic heterocycles. The minimum atomic E-state index is -0.0621. The van der Waals surface area contributed by atoms with Crippen LogP contribution in [0, 0.1) is 0 Å². The van der Waals surface area contributed by atoms with Crippen LogP contribution in [-0.2, 0) is 0 Å². The molecule has 3 heterocycles. The second-order valence-electron chi connectivity index (χ2n) is 7.11. The highest BCUT2D eigenvalue weighted by Gasteiger charge is 2.26. The Kier molecular flexibility index (Phi) is 6.01. The lowest BCUT2D eigenvalue weighted by atomic mass is 10.2. The standard InChI is InChI=1S/C21H28N4O3/c1-22-21(23-13-16-15-27-19-7-2-3-8-20(19)28-16)24-14-17(18-9-6-12-26-18)25-10-4-5-11-25/h2-3,6-9,12,16-17H,4-5,10-11,13-15H2,1H3,(H2,22,23,24). The lowest BCUT2D eigenvalue weighted by Crippen LogP contribution is -2.47. The summed E-state index contributed by atoms with van der Waals surface area (Å²) in [4.78, 5) is 6.81. The molecule has 2 aromatic rings. The maximum Gasteiger partial charge on any atom is 0.191 e. The van der Waals surface area contributed by atoms with E-state index in [-0.39, 0.29) is 12.1 Å².